The Hall–Kier alpha value is -2.51. The molecule has 3 rings (SSSR count). The lowest BCUT2D eigenvalue weighted by Gasteiger charge is -2.25. The number of nitrogens with zero attached hydrogens (tertiary/aromatic N) is 2. The topological polar surface area (TPSA) is 84.5 Å². The Morgan fingerprint density at radius 3 is 2.78 bits per heavy atom. The molecule has 1 N–H and O–H groups in total. The summed E-state index contributed by atoms with van der Waals surface area (Å²) in [5.74, 6) is 0.0888. The average Bonchev–Trinajstić information content (AvgIpc) is 3.18. The number of carbonyl (C=O) groups excluding carboxylic acids is 1. The van der Waals surface area contributed by atoms with Crippen molar-refractivity contribution in [3.05, 3.63) is 51.9 Å². The summed E-state index contributed by atoms with van der Waals surface area (Å²) in [5, 5.41) is 0. The summed E-state index contributed by atoms with van der Waals surface area (Å²) in [7, 11) is 1.58. The molecule has 2 aromatic rings. The number of aryl methyl sites for hydroxylation is 1. The number of H-pyrrole nitrogens is 1. The van der Waals surface area contributed by atoms with Crippen LogP contribution in [0.15, 0.2) is 35.3 Å². The smallest absolute Gasteiger partial charge is 0.264 e. The monoisotopic (exact) mass is 371 g/mol. The molecule has 1 saturated heterocycles. The van der Waals surface area contributed by atoms with Crippen LogP contribution < -0.4 is 5.56 Å². The lowest BCUT2D eigenvalue weighted by atomic mass is 10.1. The normalized spacial score (nSPS) is 16.4. The first kappa shape index (κ1) is 19.3. The summed E-state index contributed by atoms with van der Waals surface area (Å²) in [6, 6.07) is 7.67. The van der Waals surface area contributed by atoms with Crippen molar-refractivity contribution >= 4 is 5.91 Å². The van der Waals surface area contributed by atoms with Gasteiger partial charge in [-0.05, 0) is 19.8 Å². The van der Waals surface area contributed by atoms with Gasteiger partial charge in [0.2, 0.25) is 0 Å². The van der Waals surface area contributed by atoms with Gasteiger partial charge in [-0.15, -0.1) is 0 Å². The van der Waals surface area contributed by atoms with E-state index in [4.69, 9.17) is 9.47 Å². The minimum absolute atomic E-state index is 0.00433. The van der Waals surface area contributed by atoms with E-state index >= 15 is 0 Å². The molecule has 144 valence electrons. The molecule has 1 atom stereocenters. The number of rotatable bonds is 7. The summed E-state index contributed by atoms with van der Waals surface area (Å²) >= 11 is 0. The highest BCUT2D eigenvalue weighted by Gasteiger charge is 2.25. The minimum Gasteiger partial charge on any atom is -0.383 e. The van der Waals surface area contributed by atoms with Crippen molar-refractivity contribution in [2.24, 2.45) is 0 Å². The molecule has 2 heterocycles. The molecule has 0 saturated carbocycles. The minimum atomic E-state index is -0.444. The third-order valence-electron chi connectivity index (χ3n) is 4.66. The summed E-state index contributed by atoms with van der Waals surface area (Å²) in [4.78, 5) is 34.1. The number of ether oxygens (including phenoxy) is 2. The fraction of sp³-hybridized carbons (Fsp3) is 0.450. The first-order valence-corrected chi connectivity index (χ1v) is 9.14. The van der Waals surface area contributed by atoms with Crippen LogP contribution in [0, 0.1) is 6.92 Å². The molecule has 1 aliphatic heterocycles. The van der Waals surface area contributed by atoms with E-state index in [0.29, 0.717) is 32.1 Å². The zero-order chi connectivity index (χ0) is 19.2. The Morgan fingerprint density at radius 2 is 2.15 bits per heavy atom. The van der Waals surface area contributed by atoms with Crippen LogP contribution in [0.2, 0.25) is 0 Å². The van der Waals surface area contributed by atoms with E-state index < -0.39 is 5.56 Å². The summed E-state index contributed by atoms with van der Waals surface area (Å²) in [6.07, 6.45) is 3.26. The zero-order valence-electron chi connectivity index (χ0n) is 15.7. The Balaban J connectivity index is 1.80. The molecule has 0 spiro atoms. The molecule has 7 heteroatoms. The number of methoxy groups -OCH3 is 1. The van der Waals surface area contributed by atoms with Gasteiger partial charge in [0.1, 0.15) is 11.4 Å². The average molecular weight is 371 g/mol. The third kappa shape index (κ3) is 4.81. The molecule has 1 aliphatic rings. The highest BCUT2D eigenvalue weighted by Crippen LogP contribution is 2.16. The number of aromatic nitrogens is 2. The fourth-order valence-electron chi connectivity index (χ4n) is 3.09. The van der Waals surface area contributed by atoms with Crippen LogP contribution in [0.3, 0.4) is 0 Å². The van der Waals surface area contributed by atoms with Crippen molar-refractivity contribution in [3.63, 3.8) is 0 Å². The number of benzene rings is 1. The van der Waals surface area contributed by atoms with E-state index in [0.717, 1.165) is 24.0 Å². The van der Waals surface area contributed by atoms with Gasteiger partial charge in [-0.3, -0.25) is 9.59 Å². The molecule has 1 fully saturated rings. The van der Waals surface area contributed by atoms with Gasteiger partial charge in [0.25, 0.3) is 11.5 Å². The number of amides is 1. The molecular formula is C20H25N3O4. The number of nitrogens with one attached hydrogen (secondary N) is 1. The highest BCUT2D eigenvalue weighted by molar-refractivity contribution is 5.93. The van der Waals surface area contributed by atoms with Crippen molar-refractivity contribution in [2.75, 3.05) is 33.4 Å². The third-order valence-corrected chi connectivity index (χ3v) is 4.66. The van der Waals surface area contributed by atoms with E-state index in [1.54, 1.807) is 12.0 Å². The quantitative estimate of drug-likeness (QED) is 0.805. The molecule has 1 aromatic carbocycles. The predicted octanol–water partition coefficient (Wildman–Crippen LogP) is 2.01. The second-order valence-electron chi connectivity index (χ2n) is 6.72. The maximum absolute atomic E-state index is 12.9. The lowest BCUT2D eigenvalue weighted by Crippen LogP contribution is -2.41. The first-order valence-electron chi connectivity index (χ1n) is 9.14. The first-order chi connectivity index (χ1) is 13.1. The van der Waals surface area contributed by atoms with Gasteiger partial charge in [0.15, 0.2) is 0 Å². The van der Waals surface area contributed by atoms with Gasteiger partial charge >= 0.3 is 0 Å². The van der Waals surface area contributed by atoms with Crippen LogP contribution >= 0.6 is 0 Å². The molecule has 27 heavy (non-hydrogen) atoms. The van der Waals surface area contributed by atoms with E-state index in [9.17, 15) is 9.59 Å². The number of carbonyl (C=O) groups is 1. The maximum Gasteiger partial charge on any atom is 0.264 e. The van der Waals surface area contributed by atoms with E-state index in [1.807, 2.05) is 31.2 Å². The van der Waals surface area contributed by atoms with Crippen LogP contribution in [-0.2, 0) is 9.47 Å². The van der Waals surface area contributed by atoms with E-state index in [2.05, 4.69) is 9.97 Å². The van der Waals surface area contributed by atoms with Crippen molar-refractivity contribution in [3.8, 4) is 11.4 Å². The molecule has 0 aliphatic carbocycles. The summed E-state index contributed by atoms with van der Waals surface area (Å²) < 4.78 is 10.7. The summed E-state index contributed by atoms with van der Waals surface area (Å²) in [5.41, 5.74) is 1.50. The SMILES string of the molecule is COCCN(C[C@@H]1CCCO1)C(=O)c1cnc(-c2ccc(C)cc2)[nH]c1=O. The Labute approximate surface area is 158 Å². The van der Waals surface area contributed by atoms with E-state index in [-0.39, 0.29) is 17.6 Å². The van der Waals surface area contributed by atoms with Gasteiger partial charge < -0.3 is 19.4 Å². The van der Waals surface area contributed by atoms with Crippen LogP contribution in [-0.4, -0.2) is 60.3 Å². The Bertz CT molecular complexity index is 826. The summed E-state index contributed by atoms with van der Waals surface area (Å²) in [6.45, 7) is 3.94. The van der Waals surface area contributed by atoms with Crippen molar-refractivity contribution in [2.45, 2.75) is 25.9 Å². The van der Waals surface area contributed by atoms with Crippen LogP contribution in [0.1, 0.15) is 28.8 Å². The molecule has 0 radical (unpaired) electrons. The van der Waals surface area contributed by atoms with Gasteiger partial charge in [0, 0.05) is 38.6 Å². The highest BCUT2D eigenvalue weighted by atomic mass is 16.5. The van der Waals surface area contributed by atoms with Crippen molar-refractivity contribution in [1.29, 1.82) is 0 Å². The van der Waals surface area contributed by atoms with Crippen LogP contribution in [0.25, 0.3) is 11.4 Å². The van der Waals surface area contributed by atoms with E-state index in [1.165, 1.54) is 6.20 Å². The molecule has 1 amide bonds. The second kappa shape index (κ2) is 8.92. The van der Waals surface area contributed by atoms with Gasteiger partial charge in [-0.2, -0.15) is 0 Å². The van der Waals surface area contributed by atoms with Crippen LogP contribution in [0.5, 0.6) is 0 Å². The van der Waals surface area contributed by atoms with Gasteiger partial charge in [-0.25, -0.2) is 4.98 Å². The largest absolute Gasteiger partial charge is 0.383 e. The molecular weight excluding hydrogens is 346 g/mol. The number of hydrogen-bond donors (Lipinski definition) is 1. The zero-order valence-corrected chi connectivity index (χ0v) is 15.7. The van der Waals surface area contributed by atoms with Gasteiger partial charge in [0.05, 0.1) is 12.7 Å². The molecule has 0 bridgehead atoms. The lowest BCUT2D eigenvalue weighted by molar-refractivity contribution is 0.0454. The number of hydrogen-bond acceptors (Lipinski definition) is 5. The number of aromatic amines is 1. The maximum atomic E-state index is 12.9. The Kier molecular flexibility index (Phi) is 6.36. The predicted molar refractivity (Wildman–Crippen MR) is 102 cm³/mol. The van der Waals surface area contributed by atoms with Gasteiger partial charge in [-0.1, -0.05) is 29.8 Å². The fourth-order valence-corrected chi connectivity index (χ4v) is 3.09. The molecule has 1 aromatic heterocycles. The van der Waals surface area contributed by atoms with Crippen LogP contribution in [0.4, 0.5) is 0 Å². The Morgan fingerprint density at radius 1 is 1.37 bits per heavy atom. The molecule has 0 unspecified atom stereocenters. The van der Waals surface area contributed by atoms with Crippen molar-refractivity contribution < 1.29 is 14.3 Å². The molecule has 7 nitrogen and oxygen atoms in total. The second-order valence-corrected chi connectivity index (χ2v) is 6.72. The standard InChI is InChI=1S/C20H25N3O4/c1-14-5-7-15(8-6-14)18-21-12-17(19(24)22-18)20(25)23(9-11-26-2)13-16-4-3-10-27-16/h5-8,12,16H,3-4,9-11,13H2,1-2H3,(H,21,22,24)/t16-/m0/s1. The van der Waals surface area contributed by atoms with Crippen molar-refractivity contribution in [1.82, 2.24) is 14.9 Å².